The van der Waals surface area contributed by atoms with Gasteiger partial charge < -0.3 is 10.1 Å². The van der Waals surface area contributed by atoms with Gasteiger partial charge in [-0.3, -0.25) is 4.79 Å². The summed E-state index contributed by atoms with van der Waals surface area (Å²) in [6.07, 6.45) is -4.77. The summed E-state index contributed by atoms with van der Waals surface area (Å²) in [4.78, 5) is 11.3. The zero-order valence-corrected chi connectivity index (χ0v) is 11.4. The first-order valence-corrected chi connectivity index (χ1v) is 5.92. The number of hydrogen-bond donors (Lipinski definition) is 1. The molecule has 0 radical (unpaired) electrons. The van der Waals surface area contributed by atoms with Crippen LogP contribution in [-0.2, 0) is 4.79 Å². The molecule has 1 amide bonds. The molecule has 0 saturated carbocycles. The zero-order valence-electron chi connectivity index (χ0n) is 9.02. The summed E-state index contributed by atoms with van der Waals surface area (Å²) in [6, 6.07) is 3.66. The molecule has 1 rings (SSSR count). The molecule has 8 heteroatoms. The van der Waals surface area contributed by atoms with Crippen molar-refractivity contribution >= 4 is 39.1 Å². The summed E-state index contributed by atoms with van der Waals surface area (Å²) >= 11 is 8.46. The largest absolute Gasteiger partial charge is 0.573 e. The molecule has 0 aliphatic heterocycles. The van der Waals surface area contributed by atoms with E-state index in [1.54, 1.807) is 0 Å². The molecule has 100 valence electrons. The Bertz CT molecular complexity index is 451. The Labute approximate surface area is 114 Å². The number of benzene rings is 1. The number of rotatable bonds is 3. The van der Waals surface area contributed by atoms with Crippen molar-refractivity contribution in [1.82, 2.24) is 0 Å². The fourth-order valence-corrected chi connectivity index (χ4v) is 1.54. The fraction of sp³-hybridized carbons (Fsp3) is 0.300. The van der Waals surface area contributed by atoms with Gasteiger partial charge in [0, 0.05) is 5.69 Å². The quantitative estimate of drug-likeness (QED) is 0.843. The number of halogens is 5. The number of anilines is 1. The number of ether oxygens (including phenoxy) is 1. The smallest absolute Gasteiger partial charge is 0.405 e. The average Bonchev–Trinajstić information content (AvgIpc) is 2.20. The van der Waals surface area contributed by atoms with E-state index in [4.69, 9.17) is 11.6 Å². The fourth-order valence-electron chi connectivity index (χ4n) is 1.03. The SMILES string of the molecule is CC(Cl)C(=O)Nc1ccc(OC(F)(F)F)c(Br)c1. The lowest BCUT2D eigenvalue weighted by atomic mass is 10.3. The van der Waals surface area contributed by atoms with E-state index < -0.39 is 17.6 Å². The van der Waals surface area contributed by atoms with E-state index in [1.807, 2.05) is 0 Å². The number of amides is 1. The van der Waals surface area contributed by atoms with Gasteiger partial charge in [0.1, 0.15) is 11.1 Å². The minimum absolute atomic E-state index is 0.0693. The summed E-state index contributed by atoms with van der Waals surface area (Å²) in [5.74, 6) is -0.840. The lowest BCUT2D eigenvalue weighted by molar-refractivity contribution is -0.274. The van der Waals surface area contributed by atoms with Crippen LogP contribution in [0, 0.1) is 0 Å². The molecule has 0 bridgehead atoms. The van der Waals surface area contributed by atoms with Gasteiger partial charge in [-0.2, -0.15) is 0 Å². The van der Waals surface area contributed by atoms with Gasteiger partial charge in [0.05, 0.1) is 4.47 Å². The van der Waals surface area contributed by atoms with Crippen molar-refractivity contribution in [2.45, 2.75) is 18.7 Å². The van der Waals surface area contributed by atoms with Crippen LogP contribution in [0.1, 0.15) is 6.92 Å². The molecule has 0 spiro atoms. The van der Waals surface area contributed by atoms with Crippen molar-refractivity contribution < 1.29 is 22.7 Å². The second kappa shape index (κ2) is 5.79. The molecule has 18 heavy (non-hydrogen) atoms. The first-order valence-electron chi connectivity index (χ1n) is 4.69. The van der Waals surface area contributed by atoms with Gasteiger partial charge in [-0.15, -0.1) is 24.8 Å². The van der Waals surface area contributed by atoms with Gasteiger partial charge in [0.2, 0.25) is 5.91 Å². The van der Waals surface area contributed by atoms with Crippen molar-refractivity contribution in [2.24, 2.45) is 0 Å². The van der Waals surface area contributed by atoms with Gasteiger partial charge in [-0.1, -0.05) is 0 Å². The average molecular weight is 347 g/mol. The molecular weight excluding hydrogens is 338 g/mol. The molecule has 0 saturated heterocycles. The predicted octanol–water partition coefficient (Wildman–Crippen LogP) is 3.91. The van der Waals surface area contributed by atoms with Crippen LogP contribution in [0.3, 0.4) is 0 Å². The van der Waals surface area contributed by atoms with E-state index in [2.05, 4.69) is 26.0 Å². The van der Waals surface area contributed by atoms with Crippen LogP contribution in [0.2, 0.25) is 0 Å². The molecule has 1 aromatic rings. The Balaban J connectivity index is 2.83. The van der Waals surface area contributed by atoms with Gasteiger partial charge in [-0.25, -0.2) is 0 Å². The minimum atomic E-state index is -4.77. The Morgan fingerprint density at radius 2 is 2.11 bits per heavy atom. The number of nitrogens with one attached hydrogen (secondary N) is 1. The third-order valence-electron chi connectivity index (χ3n) is 1.79. The molecule has 0 aliphatic rings. The Morgan fingerprint density at radius 3 is 2.56 bits per heavy atom. The summed E-state index contributed by atoms with van der Waals surface area (Å²) in [6.45, 7) is 1.48. The Kier molecular flexibility index (Phi) is 4.86. The van der Waals surface area contributed by atoms with Gasteiger partial charge in [-0.05, 0) is 41.1 Å². The molecule has 0 aromatic heterocycles. The van der Waals surface area contributed by atoms with Crippen LogP contribution in [0.15, 0.2) is 22.7 Å². The highest BCUT2D eigenvalue weighted by atomic mass is 79.9. The first-order chi connectivity index (χ1) is 8.19. The molecule has 1 aromatic carbocycles. The van der Waals surface area contributed by atoms with E-state index in [1.165, 1.54) is 19.1 Å². The maximum Gasteiger partial charge on any atom is 0.573 e. The number of hydrogen-bond acceptors (Lipinski definition) is 2. The van der Waals surface area contributed by atoms with E-state index in [-0.39, 0.29) is 10.2 Å². The van der Waals surface area contributed by atoms with Crippen molar-refractivity contribution in [3.8, 4) is 5.75 Å². The van der Waals surface area contributed by atoms with Gasteiger partial charge >= 0.3 is 6.36 Å². The third-order valence-corrected chi connectivity index (χ3v) is 2.60. The highest BCUT2D eigenvalue weighted by Gasteiger charge is 2.31. The Hall–Kier alpha value is -0.950. The lowest BCUT2D eigenvalue weighted by Crippen LogP contribution is -2.20. The second-order valence-electron chi connectivity index (χ2n) is 3.30. The van der Waals surface area contributed by atoms with E-state index in [9.17, 15) is 18.0 Å². The van der Waals surface area contributed by atoms with Crippen LogP contribution in [0.5, 0.6) is 5.75 Å². The Morgan fingerprint density at radius 1 is 1.50 bits per heavy atom. The summed E-state index contributed by atoms with van der Waals surface area (Å²) < 4.78 is 39.8. The van der Waals surface area contributed by atoms with Crippen molar-refractivity contribution in [3.63, 3.8) is 0 Å². The molecule has 1 unspecified atom stereocenters. The highest BCUT2D eigenvalue weighted by molar-refractivity contribution is 9.10. The van der Waals surface area contributed by atoms with Crippen LogP contribution in [0.25, 0.3) is 0 Å². The van der Waals surface area contributed by atoms with E-state index >= 15 is 0 Å². The van der Waals surface area contributed by atoms with Crippen LogP contribution >= 0.6 is 27.5 Å². The standard InChI is InChI=1S/C10H8BrClF3NO2/c1-5(12)9(17)16-6-2-3-8(7(11)4-6)18-10(13,14)15/h2-5H,1H3,(H,16,17). The van der Waals surface area contributed by atoms with Crippen molar-refractivity contribution in [3.05, 3.63) is 22.7 Å². The van der Waals surface area contributed by atoms with Crippen LogP contribution in [0.4, 0.5) is 18.9 Å². The van der Waals surface area contributed by atoms with Gasteiger partial charge in [0.15, 0.2) is 0 Å². The topological polar surface area (TPSA) is 38.3 Å². The molecule has 0 aliphatic carbocycles. The van der Waals surface area contributed by atoms with Crippen molar-refractivity contribution in [2.75, 3.05) is 5.32 Å². The highest BCUT2D eigenvalue weighted by Crippen LogP contribution is 2.32. The maximum absolute atomic E-state index is 12.0. The molecular formula is C10H8BrClF3NO2. The van der Waals surface area contributed by atoms with Crippen molar-refractivity contribution in [1.29, 1.82) is 0 Å². The molecule has 1 N–H and O–H groups in total. The summed E-state index contributed by atoms with van der Waals surface area (Å²) in [7, 11) is 0. The first kappa shape index (κ1) is 15.1. The normalized spacial score (nSPS) is 13.0. The molecule has 1 atom stereocenters. The maximum atomic E-state index is 12.0. The summed E-state index contributed by atoms with van der Waals surface area (Å²) in [5.41, 5.74) is 0.314. The third kappa shape index (κ3) is 4.73. The van der Waals surface area contributed by atoms with Crippen LogP contribution in [-0.4, -0.2) is 17.6 Å². The van der Waals surface area contributed by atoms with E-state index in [0.717, 1.165) is 6.07 Å². The monoisotopic (exact) mass is 345 g/mol. The lowest BCUT2D eigenvalue weighted by Gasteiger charge is -2.12. The number of carbonyl (C=O) groups is 1. The molecule has 0 fully saturated rings. The summed E-state index contributed by atoms with van der Waals surface area (Å²) in [5, 5.41) is 1.69. The van der Waals surface area contributed by atoms with Gasteiger partial charge in [0.25, 0.3) is 0 Å². The van der Waals surface area contributed by atoms with Crippen LogP contribution < -0.4 is 10.1 Å². The predicted molar refractivity (Wildman–Crippen MR) is 64.8 cm³/mol. The zero-order chi connectivity index (χ0) is 13.9. The molecule has 0 heterocycles. The molecule has 3 nitrogen and oxygen atoms in total. The van der Waals surface area contributed by atoms with E-state index in [0.29, 0.717) is 5.69 Å². The number of carbonyl (C=O) groups excluding carboxylic acids is 1. The number of alkyl halides is 4. The second-order valence-corrected chi connectivity index (χ2v) is 4.81. The minimum Gasteiger partial charge on any atom is -0.405 e.